The molecule has 164 valence electrons. The van der Waals surface area contributed by atoms with Crippen molar-refractivity contribution in [3.05, 3.63) is 53.1 Å². The summed E-state index contributed by atoms with van der Waals surface area (Å²) in [7, 11) is 1.37. The Morgan fingerprint density at radius 1 is 1.29 bits per heavy atom. The average molecular weight is 441 g/mol. The van der Waals surface area contributed by atoms with Crippen LogP contribution in [0, 0.1) is 12.8 Å². The second-order valence-electron chi connectivity index (χ2n) is 9.42. The van der Waals surface area contributed by atoms with Crippen LogP contribution in [0.2, 0.25) is 0 Å². The van der Waals surface area contributed by atoms with Gasteiger partial charge in [0.15, 0.2) is 16.6 Å². The molecule has 2 aromatic carbocycles. The van der Waals surface area contributed by atoms with E-state index in [0.717, 1.165) is 16.8 Å². The Balaban J connectivity index is 1.95. The van der Waals surface area contributed by atoms with Gasteiger partial charge in [-0.1, -0.05) is 32.9 Å². The number of benzene rings is 2. The molecule has 0 radical (unpaired) electrons. The molecule has 2 aliphatic heterocycles. The molecular weight excluding hydrogens is 412 g/mol. The Labute approximate surface area is 188 Å². The number of anilines is 1. The van der Waals surface area contributed by atoms with E-state index >= 15 is 0 Å². The highest BCUT2D eigenvalue weighted by molar-refractivity contribution is 7.80. The quantitative estimate of drug-likeness (QED) is 0.532. The van der Waals surface area contributed by atoms with Crippen LogP contribution < -0.4 is 15.0 Å². The van der Waals surface area contributed by atoms with Crippen LogP contribution in [-0.2, 0) is 14.9 Å². The fourth-order valence-corrected chi connectivity index (χ4v) is 4.95. The molecule has 0 amide bonds. The Morgan fingerprint density at radius 3 is 2.61 bits per heavy atom. The molecule has 31 heavy (non-hydrogen) atoms. The van der Waals surface area contributed by atoms with E-state index in [1.54, 1.807) is 11.0 Å². The van der Waals surface area contributed by atoms with Gasteiger partial charge in [-0.3, -0.25) is 9.69 Å². The van der Waals surface area contributed by atoms with E-state index < -0.39 is 23.7 Å². The highest BCUT2D eigenvalue weighted by Gasteiger charge is 2.60. The Bertz CT molecular complexity index is 1080. The number of hydrogen-bond acceptors (Lipinski definition) is 5. The van der Waals surface area contributed by atoms with Crippen LogP contribution in [0.25, 0.3) is 0 Å². The number of hydrogen-bond donors (Lipinski definition) is 2. The Hall–Kier alpha value is -2.80. The SMILES string of the molecule is COC(=O)[C@@H]1[C@H]2NC(=S)N(c3cccc(C)c3)[C@@]1(C)Oc1c(O)cc(C(C)(C)C)cc12. The number of carbonyl (C=O) groups excluding carboxylic acids is 1. The molecule has 2 bridgehead atoms. The lowest BCUT2D eigenvalue weighted by molar-refractivity contribution is -0.157. The maximum atomic E-state index is 13.0. The standard InChI is InChI=1S/C24H28N2O4S/c1-13-8-7-9-15(10-13)26-22(31)25-19-16-11-14(23(2,3)4)12-17(27)20(16)30-24(26,5)18(19)21(28)29-6/h7-12,18-19,27H,1-6H3,(H,25,31)/t18-,19-,24-/m0/s1. The Morgan fingerprint density at radius 2 is 2.00 bits per heavy atom. The zero-order valence-corrected chi connectivity index (χ0v) is 19.5. The minimum absolute atomic E-state index is 0.0424. The third-order valence-electron chi connectivity index (χ3n) is 6.16. The minimum Gasteiger partial charge on any atom is -0.504 e. The number of rotatable bonds is 2. The molecule has 6 nitrogen and oxygen atoms in total. The number of methoxy groups -OCH3 is 1. The molecule has 1 fully saturated rings. The number of nitrogens with zero attached hydrogens (tertiary/aromatic N) is 1. The maximum absolute atomic E-state index is 13.0. The molecular formula is C24H28N2O4S. The van der Waals surface area contributed by atoms with Gasteiger partial charge in [-0.25, -0.2) is 0 Å². The van der Waals surface area contributed by atoms with Crippen molar-refractivity contribution in [1.29, 1.82) is 0 Å². The number of nitrogens with one attached hydrogen (secondary N) is 1. The molecule has 2 N–H and O–H groups in total. The first-order valence-corrected chi connectivity index (χ1v) is 10.7. The van der Waals surface area contributed by atoms with E-state index in [1.165, 1.54) is 7.11 Å². The second kappa shape index (κ2) is 7.12. The zero-order chi connectivity index (χ0) is 22.7. The van der Waals surface area contributed by atoms with E-state index in [1.807, 2.05) is 44.2 Å². The molecule has 0 unspecified atom stereocenters. The van der Waals surface area contributed by atoms with E-state index in [4.69, 9.17) is 21.7 Å². The fourth-order valence-electron chi connectivity index (χ4n) is 4.54. The number of aromatic hydroxyl groups is 1. The van der Waals surface area contributed by atoms with E-state index in [-0.39, 0.29) is 11.2 Å². The first-order chi connectivity index (χ1) is 14.5. The van der Waals surface area contributed by atoms with E-state index in [2.05, 4.69) is 26.1 Å². The summed E-state index contributed by atoms with van der Waals surface area (Å²) in [5, 5.41) is 14.7. The van der Waals surface area contributed by atoms with Crippen molar-refractivity contribution in [2.75, 3.05) is 12.0 Å². The summed E-state index contributed by atoms with van der Waals surface area (Å²) in [6.45, 7) is 10.0. The van der Waals surface area contributed by atoms with Crippen molar-refractivity contribution in [2.45, 2.75) is 51.8 Å². The summed E-state index contributed by atoms with van der Waals surface area (Å²) in [6, 6.07) is 11.0. The molecule has 2 heterocycles. The van der Waals surface area contributed by atoms with Gasteiger partial charge in [-0.2, -0.15) is 0 Å². The predicted molar refractivity (Wildman–Crippen MR) is 123 cm³/mol. The van der Waals surface area contributed by atoms with Gasteiger partial charge in [-0.15, -0.1) is 0 Å². The lowest BCUT2D eigenvalue weighted by Crippen LogP contribution is -2.71. The van der Waals surface area contributed by atoms with Gasteiger partial charge in [0.05, 0.1) is 13.2 Å². The van der Waals surface area contributed by atoms with Crippen LogP contribution >= 0.6 is 12.2 Å². The van der Waals surface area contributed by atoms with Gasteiger partial charge >= 0.3 is 5.97 Å². The van der Waals surface area contributed by atoms with Gasteiger partial charge in [0.25, 0.3) is 0 Å². The molecule has 3 atom stereocenters. The van der Waals surface area contributed by atoms with Crippen molar-refractivity contribution >= 4 is 29.0 Å². The molecule has 0 aromatic heterocycles. The monoisotopic (exact) mass is 440 g/mol. The van der Waals surface area contributed by atoms with Crippen LogP contribution in [0.1, 0.15) is 50.4 Å². The molecule has 2 aliphatic rings. The minimum atomic E-state index is -1.19. The predicted octanol–water partition coefficient (Wildman–Crippen LogP) is 4.33. The number of phenolic OH excluding ortho intramolecular Hbond substituents is 1. The summed E-state index contributed by atoms with van der Waals surface area (Å²) in [5.41, 5.74) is 2.09. The first-order valence-electron chi connectivity index (χ1n) is 10.3. The van der Waals surface area contributed by atoms with Crippen LogP contribution in [0.4, 0.5) is 5.69 Å². The fraction of sp³-hybridized carbons (Fsp3) is 0.417. The maximum Gasteiger partial charge on any atom is 0.317 e. The van der Waals surface area contributed by atoms with Gasteiger partial charge < -0.3 is 19.9 Å². The van der Waals surface area contributed by atoms with E-state index in [0.29, 0.717) is 16.4 Å². The molecule has 0 aliphatic carbocycles. The number of aryl methyl sites for hydroxylation is 1. The van der Waals surface area contributed by atoms with Crippen molar-refractivity contribution in [1.82, 2.24) is 5.32 Å². The second-order valence-corrected chi connectivity index (χ2v) is 9.81. The lowest BCUT2D eigenvalue weighted by atomic mass is 9.77. The molecule has 1 saturated heterocycles. The summed E-state index contributed by atoms with van der Waals surface area (Å²) >= 11 is 5.74. The third kappa shape index (κ3) is 3.31. The highest BCUT2D eigenvalue weighted by atomic mass is 32.1. The van der Waals surface area contributed by atoms with Gasteiger partial charge in [-0.05, 0) is 66.9 Å². The van der Waals surface area contributed by atoms with Crippen molar-refractivity contribution in [3.8, 4) is 11.5 Å². The number of phenols is 1. The number of carbonyl (C=O) groups is 1. The topological polar surface area (TPSA) is 71.0 Å². The van der Waals surface area contributed by atoms with Gasteiger partial charge in [0.1, 0.15) is 5.92 Å². The molecule has 7 heteroatoms. The first kappa shape index (κ1) is 21.4. The van der Waals surface area contributed by atoms with Crippen LogP contribution in [0.15, 0.2) is 36.4 Å². The summed E-state index contributed by atoms with van der Waals surface area (Å²) in [5.74, 6) is -0.729. The normalized spacial score (nSPS) is 24.7. The van der Waals surface area contributed by atoms with Gasteiger partial charge in [0.2, 0.25) is 5.72 Å². The zero-order valence-electron chi connectivity index (χ0n) is 18.6. The Kier molecular flexibility index (Phi) is 4.92. The van der Waals surface area contributed by atoms with Crippen LogP contribution in [0.5, 0.6) is 11.5 Å². The van der Waals surface area contributed by atoms with Crippen LogP contribution in [-0.4, -0.2) is 29.0 Å². The van der Waals surface area contributed by atoms with Crippen LogP contribution in [0.3, 0.4) is 0 Å². The lowest BCUT2D eigenvalue weighted by Gasteiger charge is -2.55. The van der Waals surface area contributed by atoms with Gasteiger partial charge in [0, 0.05) is 11.3 Å². The largest absolute Gasteiger partial charge is 0.504 e. The summed E-state index contributed by atoms with van der Waals surface area (Å²) in [4.78, 5) is 14.8. The van der Waals surface area contributed by atoms with Crippen molar-refractivity contribution < 1.29 is 19.4 Å². The third-order valence-corrected chi connectivity index (χ3v) is 6.46. The molecule has 4 rings (SSSR count). The number of fused-ring (bicyclic) bond motifs is 4. The number of esters is 1. The van der Waals surface area contributed by atoms with E-state index in [9.17, 15) is 9.90 Å². The van der Waals surface area contributed by atoms with Crippen molar-refractivity contribution in [2.24, 2.45) is 5.92 Å². The average Bonchev–Trinajstić information content (AvgIpc) is 2.67. The molecule has 2 aromatic rings. The number of ether oxygens (including phenoxy) is 2. The molecule has 0 saturated carbocycles. The molecule has 0 spiro atoms. The highest BCUT2D eigenvalue weighted by Crippen LogP contribution is 2.53. The summed E-state index contributed by atoms with van der Waals surface area (Å²) < 4.78 is 11.6. The smallest absolute Gasteiger partial charge is 0.317 e. The number of thiocarbonyl (C=S) groups is 1. The van der Waals surface area contributed by atoms with Crippen molar-refractivity contribution in [3.63, 3.8) is 0 Å². The summed E-state index contributed by atoms with van der Waals surface area (Å²) in [6.07, 6.45) is 0.